The number of aryl methyl sites for hydroxylation is 1. The summed E-state index contributed by atoms with van der Waals surface area (Å²) in [6.45, 7) is 0. The third-order valence-corrected chi connectivity index (χ3v) is 2.86. The van der Waals surface area contributed by atoms with Gasteiger partial charge in [-0.05, 0) is 6.07 Å². The van der Waals surface area contributed by atoms with Crippen LogP contribution in [0, 0.1) is 0 Å². The fourth-order valence-corrected chi connectivity index (χ4v) is 1.88. The minimum absolute atomic E-state index is 0.431. The lowest BCUT2D eigenvalue weighted by atomic mass is 10.2. The monoisotopic (exact) mass is 264 g/mol. The van der Waals surface area contributed by atoms with Gasteiger partial charge in [0.05, 0.1) is 5.69 Å². The Balaban J connectivity index is 2.55. The Hall–Kier alpha value is -1.42. The quantitative estimate of drug-likeness (QED) is 0.782. The fraction of sp³-hybridized carbons (Fsp3) is 0.0909. The largest absolute Gasteiger partial charge is 0.331 e. The lowest BCUT2D eigenvalue weighted by Crippen LogP contribution is -1.92. The van der Waals surface area contributed by atoms with Crippen molar-refractivity contribution >= 4 is 22.2 Å². The van der Waals surface area contributed by atoms with Gasteiger partial charge in [0, 0.05) is 23.3 Å². The van der Waals surface area contributed by atoms with Gasteiger partial charge in [-0.15, -0.1) is 0 Å². The molecule has 0 spiro atoms. The molecule has 0 aliphatic carbocycles. The van der Waals surface area contributed by atoms with Crippen LogP contribution < -0.4 is 0 Å². The summed E-state index contributed by atoms with van der Waals surface area (Å²) in [7, 11) is 1.80. The Morgan fingerprint density at radius 2 is 2.13 bits per heavy atom. The first-order chi connectivity index (χ1) is 7.22. The van der Waals surface area contributed by atoms with Gasteiger partial charge < -0.3 is 4.57 Å². The molecule has 0 unspecified atom stereocenters. The zero-order valence-electron chi connectivity index (χ0n) is 8.14. The highest BCUT2D eigenvalue weighted by Crippen LogP contribution is 2.26. The molecule has 2 rings (SSSR count). The van der Waals surface area contributed by atoms with Gasteiger partial charge in [0.2, 0.25) is 0 Å². The van der Waals surface area contributed by atoms with Gasteiger partial charge in [-0.3, -0.25) is 4.79 Å². The summed E-state index contributed by atoms with van der Waals surface area (Å²) in [4.78, 5) is 14.9. The standard InChI is InChI=1S/C11H9BrN2O/c1-14-6-10(13-11(14)7-15)8-4-2-3-5-9(8)12/h2-7H,1H3. The van der Waals surface area contributed by atoms with E-state index in [1.54, 1.807) is 11.6 Å². The van der Waals surface area contributed by atoms with Gasteiger partial charge >= 0.3 is 0 Å². The molecule has 0 saturated heterocycles. The van der Waals surface area contributed by atoms with Crippen LogP contribution in [0.15, 0.2) is 34.9 Å². The predicted octanol–water partition coefficient (Wildman–Crippen LogP) is 2.66. The maximum atomic E-state index is 10.7. The molecule has 0 saturated carbocycles. The number of aldehydes is 1. The van der Waals surface area contributed by atoms with Crippen molar-refractivity contribution in [3.63, 3.8) is 0 Å². The SMILES string of the molecule is Cn1cc(-c2ccccc2Br)nc1C=O. The van der Waals surface area contributed by atoms with E-state index in [1.165, 1.54) is 0 Å². The number of benzene rings is 1. The summed E-state index contributed by atoms with van der Waals surface area (Å²) in [5, 5.41) is 0. The van der Waals surface area contributed by atoms with E-state index in [9.17, 15) is 4.79 Å². The van der Waals surface area contributed by atoms with E-state index in [-0.39, 0.29) is 0 Å². The summed E-state index contributed by atoms with van der Waals surface area (Å²) < 4.78 is 2.68. The van der Waals surface area contributed by atoms with Crippen molar-refractivity contribution in [1.82, 2.24) is 9.55 Å². The number of aromatic nitrogens is 2. The van der Waals surface area contributed by atoms with E-state index in [2.05, 4.69) is 20.9 Å². The molecule has 0 aliphatic heterocycles. The molecule has 0 N–H and O–H groups in total. The first-order valence-corrected chi connectivity index (χ1v) is 5.25. The molecule has 2 aromatic rings. The van der Waals surface area contributed by atoms with Crippen molar-refractivity contribution in [2.45, 2.75) is 0 Å². The maximum absolute atomic E-state index is 10.7. The Kier molecular flexibility index (Phi) is 2.68. The van der Waals surface area contributed by atoms with Crippen LogP contribution in [-0.2, 0) is 7.05 Å². The topological polar surface area (TPSA) is 34.9 Å². The van der Waals surface area contributed by atoms with Crippen molar-refractivity contribution in [2.75, 3.05) is 0 Å². The van der Waals surface area contributed by atoms with Crippen LogP contribution in [0.5, 0.6) is 0 Å². The molecule has 4 heteroatoms. The Labute approximate surface area is 95.9 Å². The Morgan fingerprint density at radius 1 is 1.40 bits per heavy atom. The third-order valence-electron chi connectivity index (χ3n) is 2.17. The van der Waals surface area contributed by atoms with Crippen molar-refractivity contribution in [1.29, 1.82) is 0 Å². The van der Waals surface area contributed by atoms with Gasteiger partial charge in [-0.25, -0.2) is 4.98 Å². The summed E-state index contributed by atoms with van der Waals surface area (Å²) >= 11 is 3.45. The molecule has 0 fully saturated rings. The first-order valence-electron chi connectivity index (χ1n) is 4.46. The average Bonchev–Trinajstić information content (AvgIpc) is 2.60. The zero-order chi connectivity index (χ0) is 10.8. The smallest absolute Gasteiger partial charge is 0.185 e. The van der Waals surface area contributed by atoms with Crippen LogP contribution in [0.2, 0.25) is 0 Å². The summed E-state index contributed by atoms with van der Waals surface area (Å²) in [5.74, 6) is 0.431. The molecule has 0 amide bonds. The van der Waals surface area contributed by atoms with Crippen LogP contribution in [0.3, 0.4) is 0 Å². The molecule has 0 bridgehead atoms. The van der Waals surface area contributed by atoms with Crippen molar-refractivity contribution in [3.8, 4) is 11.3 Å². The molecule has 15 heavy (non-hydrogen) atoms. The van der Waals surface area contributed by atoms with Crippen LogP contribution in [0.25, 0.3) is 11.3 Å². The second-order valence-electron chi connectivity index (χ2n) is 3.19. The highest BCUT2D eigenvalue weighted by Gasteiger charge is 2.08. The normalized spacial score (nSPS) is 10.3. The summed E-state index contributed by atoms with van der Waals surface area (Å²) in [6, 6.07) is 7.79. The van der Waals surface area contributed by atoms with E-state index >= 15 is 0 Å². The van der Waals surface area contributed by atoms with E-state index in [4.69, 9.17) is 0 Å². The average molecular weight is 265 g/mol. The fourth-order valence-electron chi connectivity index (χ4n) is 1.39. The molecule has 0 radical (unpaired) electrons. The number of rotatable bonds is 2. The van der Waals surface area contributed by atoms with Gasteiger partial charge in [-0.1, -0.05) is 34.1 Å². The lowest BCUT2D eigenvalue weighted by Gasteiger charge is -1.98. The van der Waals surface area contributed by atoms with Crippen LogP contribution >= 0.6 is 15.9 Å². The molecule has 0 atom stereocenters. The van der Waals surface area contributed by atoms with E-state index in [0.29, 0.717) is 5.82 Å². The first kappa shape index (κ1) is 10.1. The van der Waals surface area contributed by atoms with Crippen molar-refractivity contribution < 1.29 is 4.79 Å². The number of carbonyl (C=O) groups excluding carboxylic acids is 1. The van der Waals surface area contributed by atoms with Gasteiger partial charge in [-0.2, -0.15) is 0 Å². The van der Waals surface area contributed by atoms with Gasteiger partial charge in [0.25, 0.3) is 0 Å². The molecule has 1 aromatic carbocycles. The predicted molar refractivity (Wildman–Crippen MR) is 61.7 cm³/mol. The second kappa shape index (κ2) is 3.98. The number of halogens is 1. The van der Waals surface area contributed by atoms with Crippen LogP contribution in [0.4, 0.5) is 0 Å². The minimum atomic E-state index is 0.431. The molecule has 0 aliphatic rings. The minimum Gasteiger partial charge on any atom is -0.331 e. The summed E-state index contributed by atoms with van der Waals surface area (Å²) in [5.41, 5.74) is 1.79. The Morgan fingerprint density at radius 3 is 2.73 bits per heavy atom. The molecule has 3 nitrogen and oxygen atoms in total. The highest BCUT2D eigenvalue weighted by atomic mass is 79.9. The Bertz CT molecular complexity index is 505. The number of imidazole rings is 1. The third kappa shape index (κ3) is 1.85. The maximum Gasteiger partial charge on any atom is 0.185 e. The number of nitrogens with zero attached hydrogens (tertiary/aromatic N) is 2. The van der Waals surface area contributed by atoms with E-state index in [0.717, 1.165) is 22.0 Å². The number of hydrogen-bond donors (Lipinski definition) is 0. The molecular formula is C11H9BrN2O. The highest BCUT2D eigenvalue weighted by molar-refractivity contribution is 9.10. The zero-order valence-corrected chi connectivity index (χ0v) is 9.73. The van der Waals surface area contributed by atoms with Crippen molar-refractivity contribution in [3.05, 3.63) is 40.8 Å². The molecule has 76 valence electrons. The van der Waals surface area contributed by atoms with E-state index in [1.807, 2.05) is 30.5 Å². The van der Waals surface area contributed by atoms with Gasteiger partial charge in [0.15, 0.2) is 12.1 Å². The number of hydrogen-bond acceptors (Lipinski definition) is 2. The summed E-state index contributed by atoms with van der Waals surface area (Å²) in [6.07, 6.45) is 2.59. The molecule has 1 heterocycles. The second-order valence-corrected chi connectivity index (χ2v) is 4.05. The van der Waals surface area contributed by atoms with Gasteiger partial charge in [0.1, 0.15) is 0 Å². The van der Waals surface area contributed by atoms with Crippen molar-refractivity contribution in [2.24, 2.45) is 7.05 Å². The lowest BCUT2D eigenvalue weighted by molar-refractivity contribution is 0.111. The van der Waals surface area contributed by atoms with Crippen LogP contribution in [-0.4, -0.2) is 15.8 Å². The van der Waals surface area contributed by atoms with E-state index < -0.39 is 0 Å². The van der Waals surface area contributed by atoms with Crippen LogP contribution in [0.1, 0.15) is 10.6 Å². The number of carbonyl (C=O) groups is 1. The molecular weight excluding hydrogens is 256 g/mol. The molecule has 1 aromatic heterocycles.